The van der Waals surface area contributed by atoms with Crippen molar-refractivity contribution in [2.45, 2.75) is 27.2 Å². The maximum Gasteiger partial charge on any atom is 0.137 e. The average Bonchev–Trinajstić information content (AvgIpc) is 2.34. The zero-order chi connectivity index (χ0) is 14.3. The summed E-state index contributed by atoms with van der Waals surface area (Å²) < 4.78 is 18.9. The van der Waals surface area contributed by atoms with Crippen molar-refractivity contribution in [2.75, 3.05) is 12.5 Å². The van der Waals surface area contributed by atoms with Gasteiger partial charge >= 0.3 is 0 Å². The van der Waals surface area contributed by atoms with Gasteiger partial charge in [0.2, 0.25) is 0 Å². The van der Waals surface area contributed by atoms with E-state index in [9.17, 15) is 4.39 Å². The molecule has 0 saturated heterocycles. The lowest BCUT2D eigenvalue weighted by Crippen LogP contribution is -2.11. The monoisotopic (exact) mass is 282 g/mol. The largest absolute Gasteiger partial charge is 0.492 e. The van der Waals surface area contributed by atoms with Gasteiger partial charge in [0.05, 0.1) is 18.1 Å². The first-order valence-electron chi connectivity index (χ1n) is 6.50. The maximum atomic E-state index is 13.2. The van der Waals surface area contributed by atoms with E-state index in [1.165, 1.54) is 12.1 Å². The predicted molar refractivity (Wildman–Crippen MR) is 78.1 cm³/mol. The topological polar surface area (TPSA) is 9.23 Å². The molecule has 0 aromatic heterocycles. The second-order valence-electron chi connectivity index (χ2n) is 5.12. The third-order valence-corrected chi connectivity index (χ3v) is 2.76. The second-order valence-corrected chi connectivity index (χ2v) is 5.39. The summed E-state index contributed by atoms with van der Waals surface area (Å²) in [6.07, 6.45) is 1.08. The van der Waals surface area contributed by atoms with Crippen LogP contribution in [-0.4, -0.2) is 12.5 Å². The molecule has 0 N–H and O–H groups in total. The summed E-state index contributed by atoms with van der Waals surface area (Å²) >= 11 is 5.53. The van der Waals surface area contributed by atoms with Crippen LogP contribution in [-0.2, 0) is 0 Å². The van der Waals surface area contributed by atoms with Crippen LogP contribution in [0.5, 0.6) is 5.75 Å². The summed E-state index contributed by atoms with van der Waals surface area (Å²) in [6, 6.07) is 4.38. The molecule has 0 aliphatic rings. The molecule has 1 unspecified atom stereocenters. The predicted octanol–water partition coefficient (Wildman–Crippen LogP) is 4.48. The van der Waals surface area contributed by atoms with Crippen LogP contribution in [0.25, 0.3) is 0 Å². The van der Waals surface area contributed by atoms with Gasteiger partial charge in [-0.15, -0.1) is 11.6 Å². The second kappa shape index (κ2) is 8.07. The molecule has 1 rings (SSSR count). The van der Waals surface area contributed by atoms with E-state index in [1.807, 2.05) is 0 Å². The molecular formula is C16H20ClFO. The molecule has 104 valence electrons. The van der Waals surface area contributed by atoms with Crippen molar-refractivity contribution in [3.05, 3.63) is 29.6 Å². The highest BCUT2D eigenvalue weighted by Gasteiger charge is 2.09. The van der Waals surface area contributed by atoms with E-state index >= 15 is 0 Å². The molecule has 1 atom stereocenters. The molecule has 0 radical (unpaired) electrons. The van der Waals surface area contributed by atoms with Crippen LogP contribution in [0.2, 0.25) is 0 Å². The van der Waals surface area contributed by atoms with Crippen LogP contribution in [0, 0.1) is 29.5 Å². The minimum atomic E-state index is -0.317. The fraction of sp³-hybridized carbons (Fsp3) is 0.500. The number of benzene rings is 1. The summed E-state index contributed by atoms with van der Waals surface area (Å²) in [5.41, 5.74) is 0.679. The highest BCUT2D eigenvalue weighted by atomic mass is 35.5. The van der Waals surface area contributed by atoms with Gasteiger partial charge in [0.1, 0.15) is 11.6 Å². The summed E-state index contributed by atoms with van der Waals surface area (Å²) in [7, 11) is 0. The van der Waals surface area contributed by atoms with Gasteiger partial charge in [0, 0.05) is 6.07 Å². The van der Waals surface area contributed by atoms with Gasteiger partial charge in [0.15, 0.2) is 0 Å². The van der Waals surface area contributed by atoms with Crippen molar-refractivity contribution in [1.29, 1.82) is 0 Å². The Bertz CT molecular complexity index is 460. The van der Waals surface area contributed by atoms with Gasteiger partial charge in [-0.1, -0.05) is 32.6 Å². The highest BCUT2D eigenvalue weighted by molar-refractivity contribution is 6.19. The quantitative estimate of drug-likeness (QED) is 0.572. The molecule has 0 fully saturated rings. The Morgan fingerprint density at radius 3 is 2.68 bits per heavy atom. The Morgan fingerprint density at radius 2 is 2.05 bits per heavy atom. The Hall–Kier alpha value is -1.20. The molecule has 0 amide bonds. The van der Waals surface area contributed by atoms with Crippen molar-refractivity contribution < 1.29 is 9.13 Å². The van der Waals surface area contributed by atoms with Gasteiger partial charge in [-0.05, 0) is 30.4 Å². The van der Waals surface area contributed by atoms with Crippen LogP contribution >= 0.6 is 11.6 Å². The third-order valence-electron chi connectivity index (χ3n) is 2.63. The Morgan fingerprint density at radius 1 is 1.32 bits per heavy atom. The first-order valence-corrected chi connectivity index (χ1v) is 7.03. The fourth-order valence-electron chi connectivity index (χ4n) is 1.95. The molecule has 0 saturated carbocycles. The maximum absolute atomic E-state index is 13.2. The summed E-state index contributed by atoms with van der Waals surface area (Å²) in [4.78, 5) is 0. The first kappa shape index (κ1) is 15.9. The number of rotatable bonds is 5. The zero-order valence-corrected chi connectivity index (χ0v) is 12.4. The molecule has 0 spiro atoms. The Labute approximate surface area is 120 Å². The van der Waals surface area contributed by atoms with E-state index in [4.69, 9.17) is 16.3 Å². The lowest BCUT2D eigenvalue weighted by molar-refractivity contribution is 0.237. The number of ether oxygens (including phenoxy) is 1. The van der Waals surface area contributed by atoms with Crippen molar-refractivity contribution >= 4 is 11.6 Å². The van der Waals surface area contributed by atoms with E-state index < -0.39 is 0 Å². The number of hydrogen-bond donors (Lipinski definition) is 0. The van der Waals surface area contributed by atoms with Crippen LogP contribution in [0.15, 0.2) is 18.2 Å². The SMILES string of the molecule is CC(C)CC(C)COc1cc(F)ccc1C#CCCl. The lowest BCUT2D eigenvalue weighted by Gasteiger charge is -2.15. The molecule has 1 aromatic carbocycles. The van der Waals surface area contributed by atoms with Gasteiger partial charge in [0.25, 0.3) is 0 Å². The Kier molecular flexibility index (Phi) is 6.73. The highest BCUT2D eigenvalue weighted by Crippen LogP contribution is 2.21. The van der Waals surface area contributed by atoms with E-state index in [1.54, 1.807) is 6.07 Å². The molecule has 0 heterocycles. The molecule has 1 aromatic rings. The molecule has 3 heteroatoms. The van der Waals surface area contributed by atoms with Crippen molar-refractivity contribution in [1.82, 2.24) is 0 Å². The Balaban J connectivity index is 2.73. The standard InChI is InChI=1S/C16H20ClFO/c1-12(2)9-13(3)11-19-16-10-15(18)7-6-14(16)5-4-8-17/h6-7,10,12-13H,8-9,11H2,1-3H3. The number of alkyl halides is 1. The molecule has 0 aliphatic carbocycles. The van der Waals surface area contributed by atoms with Crippen molar-refractivity contribution in [3.8, 4) is 17.6 Å². The first-order chi connectivity index (χ1) is 9.02. The zero-order valence-electron chi connectivity index (χ0n) is 11.7. The van der Waals surface area contributed by atoms with Gasteiger partial charge < -0.3 is 4.74 Å². The van der Waals surface area contributed by atoms with Crippen LogP contribution in [0.3, 0.4) is 0 Å². The van der Waals surface area contributed by atoms with Crippen molar-refractivity contribution in [2.24, 2.45) is 11.8 Å². The normalized spacial score (nSPS) is 11.9. The van der Waals surface area contributed by atoms with E-state index in [-0.39, 0.29) is 11.7 Å². The summed E-state index contributed by atoms with van der Waals surface area (Å²) in [6.45, 7) is 7.05. The van der Waals surface area contributed by atoms with E-state index in [2.05, 4.69) is 32.6 Å². The average molecular weight is 283 g/mol. The summed E-state index contributed by atoms with van der Waals surface area (Å²) in [5.74, 6) is 7.12. The van der Waals surface area contributed by atoms with Crippen LogP contribution < -0.4 is 4.74 Å². The molecule has 1 nitrogen and oxygen atoms in total. The summed E-state index contributed by atoms with van der Waals surface area (Å²) in [5, 5.41) is 0. The van der Waals surface area contributed by atoms with E-state index in [0.717, 1.165) is 6.42 Å². The van der Waals surface area contributed by atoms with Gasteiger partial charge in [-0.2, -0.15) is 0 Å². The lowest BCUT2D eigenvalue weighted by atomic mass is 10.00. The van der Waals surface area contributed by atoms with Gasteiger partial charge in [-0.25, -0.2) is 4.39 Å². The van der Waals surface area contributed by atoms with Gasteiger partial charge in [-0.3, -0.25) is 0 Å². The van der Waals surface area contributed by atoms with E-state index in [0.29, 0.717) is 29.8 Å². The van der Waals surface area contributed by atoms with Crippen LogP contribution in [0.4, 0.5) is 4.39 Å². The van der Waals surface area contributed by atoms with Crippen molar-refractivity contribution in [3.63, 3.8) is 0 Å². The minimum absolute atomic E-state index is 0.251. The molecular weight excluding hydrogens is 263 g/mol. The third kappa shape index (κ3) is 5.98. The molecule has 0 bridgehead atoms. The number of hydrogen-bond acceptors (Lipinski definition) is 1. The smallest absolute Gasteiger partial charge is 0.137 e. The molecule has 0 aliphatic heterocycles. The molecule has 19 heavy (non-hydrogen) atoms. The number of halogens is 2. The van der Waals surface area contributed by atoms with Crippen LogP contribution in [0.1, 0.15) is 32.8 Å². The fourth-order valence-corrected chi connectivity index (χ4v) is 2.02. The minimum Gasteiger partial charge on any atom is -0.492 e.